The largest absolute Gasteiger partial charge is 0.451 e. The fourth-order valence-electron chi connectivity index (χ4n) is 2.84. The van der Waals surface area contributed by atoms with Crippen molar-refractivity contribution in [3.05, 3.63) is 69.9 Å². The Morgan fingerprint density at radius 1 is 1.19 bits per heavy atom. The van der Waals surface area contributed by atoms with Crippen molar-refractivity contribution < 1.29 is 23.5 Å². The van der Waals surface area contributed by atoms with Crippen LogP contribution in [0.2, 0.25) is 5.02 Å². The second-order valence-corrected chi connectivity index (χ2v) is 8.19. The number of carbonyl (C=O) groups is 3. The third kappa shape index (κ3) is 5.89. The fraction of sp³-hybridized carbons (Fsp3) is 0.182. The number of hydrogen-bond donors (Lipinski definition) is 1. The number of benzene rings is 2. The number of esters is 1. The van der Waals surface area contributed by atoms with Crippen LogP contribution in [-0.4, -0.2) is 35.9 Å². The molecule has 3 aromatic rings. The van der Waals surface area contributed by atoms with Gasteiger partial charge < -0.3 is 15.4 Å². The molecule has 0 unspecified atom stereocenters. The highest BCUT2D eigenvalue weighted by atomic mass is 35.5. The number of hydrogen-bond acceptors (Lipinski definition) is 6. The number of aromatic nitrogens is 1. The van der Waals surface area contributed by atoms with Crippen LogP contribution in [0.1, 0.15) is 21.8 Å². The van der Waals surface area contributed by atoms with Crippen LogP contribution in [0, 0.1) is 12.7 Å². The van der Waals surface area contributed by atoms with Gasteiger partial charge in [-0.05, 0) is 43.3 Å². The van der Waals surface area contributed by atoms with Gasteiger partial charge in [0.2, 0.25) is 5.91 Å². The Kier molecular flexibility index (Phi) is 7.55. The Morgan fingerprint density at radius 3 is 2.56 bits per heavy atom. The number of ether oxygens (including phenoxy) is 1. The second kappa shape index (κ2) is 10.3. The van der Waals surface area contributed by atoms with E-state index in [1.807, 2.05) is 6.07 Å². The average Bonchev–Trinajstić information content (AvgIpc) is 3.15. The second-order valence-electron chi connectivity index (χ2n) is 6.76. The molecule has 0 aliphatic rings. The SMILES string of the molecule is Cc1nc(-c2cccc(Cl)c2)sc1C(=O)OCC(=O)N(CCC(N)=O)c1ccc(F)cc1. The summed E-state index contributed by atoms with van der Waals surface area (Å²) in [5.74, 6) is -2.35. The first-order valence-electron chi connectivity index (χ1n) is 9.49. The van der Waals surface area contributed by atoms with Crippen LogP contribution in [-0.2, 0) is 14.3 Å². The number of primary amides is 1. The number of amides is 2. The summed E-state index contributed by atoms with van der Waals surface area (Å²) in [5, 5.41) is 1.14. The van der Waals surface area contributed by atoms with Crippen molar-refractivity contribution in [1.29, 1.82) is 0 Å². The number of rotatable bonds is 8. The number of halogens is 2. The number of thiazole rings is 1. The van der Waals surface area contributed by atoms with Crippen molar-refractivity contribution in [1.82, 2.24) is 4.98 Å². The standard InChI is InChI=1S/C22H19ClFN3O4S/c1-13-20(32-21(26-13)14-3-2-4-15(23)11-14)22(30)31-12-19(29)27(10-9-18(25)28)17-7-5-16(24)6-8-17/h2-8,11H,9-10,12H2,1H3,(H2,25,28). The molecule has 0 spiro atoms. The van der Waals surface area contributed by atoms with E-state index in [1.165, 1.54) is 29.2 Å². The zero-order valence-corrected chi connectivity index (χ0v) is 18.6. The van der Waals surface area contributed by atoms with Crippen LogP contribution >= 0.6 is 22.9 Å². The molecule has 0 atom stereocenters. The molecule has 0 bridgehead atoms. The van der Waals surface area contributed by atoms with E-state index >= 15 is 0 Å². The molecule has 3 rings (SSSR count). The summed E-state index contributed by atoms with van der Waals surface area (Å²) in [7, 11) is 0. The number of nitrogens with two attached hydrogens (primary N) is 1. The highest BCUT2D eigenvalue weighted by Gasteiger charge is 2.22. The summed E-state index contributed by atoms with van der Waals surface area (Å²) in [6.45, 7) is 1.06. The van der Waals surface area contributed by atoms with Gasteiger partial charge in [-0.15, -0.1) is 11.3 Å². The van der Waals surface area contributed by atoms with Crippen molar-refractivity contribution in [2.75, 3.05) is 18.1 Å². The lowest BCUT2D eigenvalue weighted by molar-refractivity contribution is -0.121. The van der Waals surface area contributed by atoms with E-state index < -0.39 is 30.2 Å². The van der Waals surface area contributed by atoms with Crippen LogP contribution in [0.3, 0.4) is 0 Å². The molecule has 1 heterocycles. The summed E-state index contributed by atoms with van der Waals surface area (Å²) in [6.07, 6.45) is -0.103. The van der Waals surface area contributed by atoms with Crippen molar-refractivity contribution in [2.24, 2.45) is 5.73 Å². The Morgan fingerprint density at radius 2 is 1.91 bits per heavy atom. The van der Waals surface area contributed by atoms with E-state index in [0.29, 0.717) is 21.4 Å². The fourth-order valence-corrected chi connectivity index (χ4v) is 3.99. The Bertz CT molecular complexity index is 1150. The Hall–Kier alpha value is -3.30. The highest BCUT2D eigenvalue weighted by molar-refractivity contribution is 7.17. The molecule has 2 aromatic carbocycles. The number of aryl methyl sites for hydroxylation is 1. The van der Waals surface area contributed by atoms with Crippen molar-refractivity contribution >= 4 is 46.4 Å². The van der Waals surface area contributed by atoms with Gasteiger partial charge in [-0.25, -0.2) is 14.2 Å². The van der Waals surface area contributed by atoms with E-state index in [-0.39, 0.29) is 17.8 Å². The van der Waals surface area contributed by atoms with E-state index in [9.17, 15) is 18.8 Å². The van der Waals surface area contributed by atoms with Crippen LogP contribution in [0.25, 0.3) is 10.6 Å². The third-order valence-electron chi connectivity index (χ3n) is 4.40. The van der Waals surface area contributed by atoms with Crippen molar-refractivity contribution in [3.8, 4) is 10.6 Å². The lowest BCUT2D eigenvalue weighted by atomic mass is 10.2. The summed E-state index contributed by atoms with van der Waals surface area (Å²) in [4.78, 5) is 42.3. The smallest absolute Gasteiger partial charge is 0.350 e. The van der Waals surface area contributed by atoms with Gasteiger partial charge in [0, 0.05) is 29.2 Å². The maximum Gasteiger partial charge on any atom is 0.350 e. The molecule has 32 heavy (non-hydrogen) atoms. The molecule has 10 heteroatoms. The van der Waals surface area contributed by atoms with Crippen LogP contribution in [0.4, 0.5) is 10.1 Å². The van der Waals surface area contributed by atoms with E-state index in [1.54, 1.807) is 25.1 Å². The van der Waals surface area contributed by atoms with Gasteiger partial charge >= 0.3 is 5.97 Å². The molecular formula is C22H19ClFN3O4S. The van der Waals surface area contributed by atoms with Gasteiger partial charge in [0.1, 0.15) is 15.7 Å². The zero-order valence-electron chi connectivity index (χ0n) is 17.0. The monoisotopic (exact) mass is 475 g/mol. The van der Waals surface area contributed by atoms with Crippen LogP contribution < -0.4 is 10.6 Å². The number of anilines is 1. The predicted octanol–water partition coefficient (Wildman–Crippen LogP) is 3.98. The number of carbonyl (C=O) groups excluding carboxylic acids is 3. The first-order valence-corrected chi connectivity index (χ1v) is 10.7. The minimum Gasteiger partial charge on any atom is -0.451 e. The lowest BCUT2D eigenvalue weighted by Gasteiger charge is -2.22. The number of nitrogens with zero attached hydrogens (tertiary/aromatic N) is 2. The molecule has 166 valence electrons. The molecule has 1 aromatic heterocycles. The average molecular weight is 476 g/mol. The molecule has 0 aliphatic heterocycles. The first-order chi connectivity index (χ1) is 15.2. The lowest BCUT2D eigenvalue weighted by Crippen LogP contribution is -2.37. The van der Waals surface area contributed by atoms with Crippen molar-refractivity contribution in [2.45, 2.75) is 13.3 Å². The Balaban J connectivity index is 1.71. The molecule has 2 N–H and O–H groups in total. The third-order valence-corrected chi connectivity index (χ3v) is 5.82. The molecule has 0 radical (unpaired) electrons. The maximum absolute atomic E-state index is 13.2. The maximum atomic E-state index is 13.2. The van der Waals surface area contributed by atoms with Crippen LogP contribution in [0.5, 0.6) is 0 Å². The van der Waals surface area contributed by atoms with Gasteiger partial charge in [0.05, 0.1) is 5.69 Å². The summed E-state index contributed by atoms with van der Waals surface area (Å²) in [5.41, 5.74) is 6.76. The molecule has 2 amide bonds. The van der Waals surface area contributed by atoms with Crippen molar-refractivity contribution in [3.63, 3.8) is 0 Å². The van der Waals surface area contributed by atoms with E-state index in [2.05, 4.69) is 4.98 Å². The van der Waals surface area contributed by atoms with E-state index in [0.717, 1.165) is 16.9 Å². The first kappa shape index (κ1) is 23.4. The van der Waals surface area contributed by atoms with E-state index in [4.69, 9.17) is 22.1 Å². The van der Waals surface area contributed by atoms with Gasteiger partial charge in [0.15, 0.2) is 6.61 Å². The molecule has 7 nitrogen and oxygen atoms in total. The minimum absolute atomic E-state index is 0.0319. The van der Waals surface area contributed by atoms with Gasteiger partial charge in [-0.2, -0.15) is 0 Å². The van der Waals surface area contributed by atoms with Gasteiger partial charge in [-0.3, -0.25) is 9.59 Å². The summed E-state index contributed by atoms with van der Waals surface area (Å²) in [6, 6.07) is 12.2. The molecule has 0 aliphatic carbocycles. The summed E-state index contributed by atoms with van der Waals surface area (Å²) >= 11 is 7.15. The van der Waals surface area contributed by atoms with Gasteiger partial charge in [-0.1, -0.05) is 23.7 Å². The molecule has 0 fully saturated rings. The highest BCUT2D eigenvalue weighted by Crippen LogP contribution is 2.30. The minimum atomic E-state index is -0.699. The quantitative estimate of drug-likeness (QED) is 0.496. The molecule has 0 saturated carbocycles. The normalized spacial score (nSPS) is 10.6. The van der Waals surface area contributed by atoms with Gasteiger partial charge in [0.25, 0.3) is 5.91 Å². The van der Waals surface area contributed by atoms with Crippen LogP contribution in [0.15, 0.2) is 48.5 Å². The molecular weight excluding hydrogens is 457 g/mol. The predicted molar refractivity (Wildman–Crippen MR) is 120 cm³/mol. The topological polar surface area (TPSA) is 103 Å². The Labute approximate surface area is 192 Å². The zero-order chi connectivity index (χ0) is 23.3. The molecule has 0 saturated heterocycles. The summed E-state index contributed by atoms with van der Waals surface area (Å²) < 4.78 is 18.4.